The van der Waals surface area contributed by atoms with E-state index in [2.05, 4.69) is 4.98 Å². The summed E-state index contributed by atoms with van der Waals surface area (Å²) >= 11 is 1.61. The maximum Gasteiger partial charge on any atom is 0.337 e. The molecule has 0 spiro atoms. The van der Waals surface area contributed by atoms with Gasteiger partial charge < -0.3 is 5.11 Å². The van der Waals surface area contributed by atoms with Crippen LogP contribution in [0.4, 0.5) is 0 Å². The van der Waals surface area contributed by atoms with Crippen LogP contribution in [0.15, 0.2) is 29.9 Å². The van der Waals surface area contributed by atoms with E-state index in [1.807, 2.05) is 18.4 Å². The lowest BCUT2D eigenvalue weighted by atomic mass is 10.0. The highest BCUT2D eigenvalue weighted by atomic mass is 32.1. The van der Waals surface area contributed by atoms with Gasteiger partial charge in [0.15, 0.2) is 0 Å². The molecule has 3 nitrogen and oxygen atoms in total. The summed E-state index contributed by atoms with van der Waals surface area (Å²) in [6.07, 6.45) is 2.99. The van der Waals surface area contributed by atoms with Crippen molar-refractivity contribution in [2.75, 3.05) is 0 Å². The quantitative estimate of drug-likeness (QED) is 0.844. The van der Waals surface area contributed by atoms with Crippen LogP contribution in [0.2, 0.25) is 0 Å². The van der Waals surface area contributed by atoms with E-state index in [-0.39, 0.29) is 5.56 Å². The number of hydrogen-bond donors (Lipinski definition) is 1. The first-order chi connectivity index (χ1) is 7.20. The largest absolute Gasteiger partial charge is 0.478 e. The maximum atomic E-state index is 11.0. The molecule has 0 aliphatic rings. The normalized spacial score (nSPS) is 10.2. The second-order valence-electron chi connectivity index (χ2n) is 3.12. The number of carbonyl (C=O) groups is 1. The van der Waals surface area contributed by atoms with E-state index in [1.54, 1.807) is 23.6 Å². The van der Waals surface area contributed by atoms with Gasteiger partial charge in [0, 0.05) is 22.8 Å². The fourth-order valence-electron chi connectivity index (χ4n) is 1.46. The average molecular weight is 219 g/mol. The lowest BCUT2D eigenvalue weighted by Gasteiger charge is -2.04. The molecule has 0 aliphatic carbocycles. The fourth-order valence-corrected chi connectivity index (χ4v) is 2.18. The Morgan fingerprint density at radius 2 is 2.20 bits per heavy atom. The van der Waals surface area contributed by atoms with E-state index in [0.29, 0.717) is 0 Å². The molecule has 0 saturated carbocycles. The Morgan fingerprint density at radius 1 is 1.40 bits per heavy atom. The van der Waals surface area contributed by atoms with Crippen molar-refractivity contribution in [2.45, 2.75) is 6.92 Å². The lowest BCUT2D eigenvalue weighted by Crippen LogP contribution is -2.00. The van der Waals surface area contributed by atoms with Crippen molar-refractivity contribution in [3.63, 3.8) is 0 Å². The van der Waals surface area contributed by atoms with Crippen molar-refractivity contribution in [3.8, 4) is 11.1 Å². The molecule has 0 amide bonds. The first-order valence-electron chi connectivity index (χ1n) is 4.42. The van der Waals surface area contributed by atoms with Crippen LogP contribution >= 0.6 is 11.3 Å². The van der Waals surface area contributed by atoms with Crippen LogP contribution in [-0.2, 0) is 0 Å². The highest BCUT2D eigenvalue weighted by molar-refractivity contribution is 7.10. The van der Waals surface area contributed by atoms with Gasteiger partial charge in [0.25, 0.3) is 0 Å². The first kappa shape index (κ1) is 9.86. The molecule has 76 valence electrons. The van der Waals surface area contributed by atoms with E-state index in [0.717, 1.165) is 16.0 Å². The van der Waals surface area contributed by atoms with Crippen LogP contribution in [-0.4, -0.2) is 16.1 Å². The minimum absolute atomic E-state index is 0.249. The topological polar surface area (TPSA) is 50.2 Å². The monoisotopic (exact) mass is 219 g/mol. The summed E-state index contributed by atoms with van der Waals surface area (Å²) in [5, 5.41) is 11.0. The van der Waals surface area contributed by atoms with Crippen molar-refractivity contribution in [1.29, 1.82) is 0 Å². The van der Waals surface area contributed by atoms with E-state index in [1.165, 1.54) is 6.20 Å². The Kier molecular flexibility index (Phi) is 2.51. The summed E-state index contributed by atoms with van der Waals surface area (Å²) in [5.74, 6) is -0.941. The lowest BCUT2D eigenvalue weighted by molar-refractivity contribution is 0.0697. The van der Waals surface area contributed by atoms with Gasteiger partial charge >= 0.3 is 5.97 Å². The van der Waals surface area contributed by atoms with Gasteiger partial charge in [-0.15, -0.1) is 11.3 Å². The minimum Gasteiger partial charge on any atom is -0.478 e. The second-order valence-corrected chi connectivity index (χ2v) is 4.24. The Bertz CT molecular complexity index is 505. The predicted octanol–water partition coefficient (Wildman–Crippen LogP) is 2.82. The number of carboxylic acids is 1. The van der Waals surface area contributed by atoms with E-state index in [9.17, 15) is 4.79 Å². The van der Waals surface area contributed by atoms with Gasteiger partial charge in [0.2, 0.25) is 0 Å². The SMILES string of the molecule is Cc1sccc1-c1ccncc1C(=O)O. The zero-order valence-electron chi connectivity index (χ0n) is 8.10. The van der Waals surface area contributed by atoms with Crippen molar-refractivity contribution in [1.82, 2.24) is 4.98 Å². The first-order valence-corrected chi connectivity index (χ1v) is 5.30. The number of rotatable bonds is 2. The summed E-state index contributed by atoms with van der Waals surface area (Å²) in [4.78, 5) is 15.9. The third kappa shape index (κ3) is 1.76. The van der Waals surface area contributed by atoms with Crippen LogP contribution in [0.25, 0.3) is 11.1 Å². The zero-order valence-corrected chi connectivity index (χ0v) is 8.91. The molecule has 15 heavy (non-hydrogen) atoms. The molecule has 0 fully saturated rings. The molecule has 0 unspecified atom stereocenters. The molecule has 4 heteroatoms. The van der Waals surface area contributed by atoms with Crippen LogP contribution < -0.4 is 0 Å². The number of aromatic nitrogens is 1. The number of thiophene rings is 1. The number of hydrogen-bond acceptors (Lipinski definition) is 3. The van der Waals surface area contributed by atoms with Crippen molar-refractivity contribution >= 4 is 17.3 Å². The maximum absolute atomic E-state index is 11.0. The average Bonchev–Trinajstić information content (AvgIpc) is 2.64. The van der Waals surface area contributed by atoms with Gasteiger partial charge in [0.05, 0.1) is 5.56 Å². The number of aryl methyl sites for hydroxylation is 1. The van der Waals surface area contributed by atoms with Crippen molar-refractivity contribution in [2.24, 2.45) is 0 Å². The van der Waals surface area contributed by atoms with E-state index < -0.39 is 5.97 Å². The molecular weight excluding hydrogens is 210 g/mol. The Labute approximate surface area is 91.0 Å². The summed E-state index contributed by atoms with van der Waals surface area (Å²) in [6.45, 7) is 1.98. The molecule has 2 aromatic rings. The van der Waals surface area contributed by atoms with Crippen molar-refractivity contribution in [3.05, 3.63) is 40.3 Å². The van der Waals surface area contributed by atoms with Crippen LogP contribution in [0.1, 0.15) is 15.2 Å². The fraction of sp³-hybridized carbons (Fsp3) is 0.0909. The van der Waals surface area contributed by atoms with Gasteiger partial charge in [-0.3, -0.25) is 4.98 Å². The van der Waals surface area contributed by atoms with Gasteiger partial charge in [-0.1, -0.05) is 0 Å². The minimum atomic E-state index is -0.941. The molecule has 2 rings (SSSR count). The number of aromatic carboxylic acids is 1. The zero-order chi connectivity index (χ0) is 10.8. The van der Waals surface area contributed by atoms with Gasteiger partial charge in [-0.05, 0) is 30.0 Å². The third-order valence-electron chi connectivity index (χ3n) is 2.20. The van der Waals surface area contributed by atoms with Crippen LogP contribution in [0, 0.1) is 6.92 Å². The number of nitrogens with zero attached hydrogens (tertiary/aromatic N) is 1. The second kappa shape index (κ2) is 3.82. The summed E-state index contributed by atoms with van der Waals surface area (Å²) in [7, 11) is 0. The molecule has 0 aliphatic heterocycles. The highest BCUT2D eigenvalue weighted by Crippen LogP contribution is 2.29. The number of carboxylic acid groups (broad SMARTS) is 1. The number of pyridine rings is 1. The molecule has 0 radical (unpaired) electrons. The molecule has 0 saturated heterocycles. The van der Waals surface area contributed by atoms with Crippen molar-refractivity contribution < 1.29 is 9.90 Å². The molecular formula is C11H9NO2S. The summed E-state index contributed by atoms with van der Waals surface area (Å²) < 4.78 is 0. The molecule has 0 atom stereocenters. The van der Waals surface area contributed by atoms with E-state index in [4.69, 9.17) is 5.11 Å². The Balaban J connectivity index is 2.63. The summed E-state index contributed by atoms with van der Waals surface area (Å²) in [6, 6.07) is 3.67. The molecule has 2 heterocycles. The van der Waals surface area contributed by atoms with Crippen LogP contribution in [0.3, 0.4) is 0 Å². The molecule has 1 N–H and O–H groups in total. The van der Waals surface area contributed by atoms with E-state index >= 15 is 0 Å². The highest BCUT2D eigenvalue weighted by Gasteiger charge is 2.13. The van der Waals surface area contributed by atoms with Gasteiger partial charge in [0.1, 0.15) is 0 Å². The smallest absolute Gasteiger partial charge is 0.337 e. The molecule has 2 aromatic heterocycles. The summed E-state index contributed by atoms with van der Waals surface area (Å²) in [5.41, 5.74) is 1.95. The van der Waals surface area contributed by atoms with Crippen LogP contribution in [0.5, 0.6) is 0 Å². The van der Waals surface area contributed by atoms with Gasteiger partial charge in [-0.2, -0.15) is 0 Å². The Hall–Kier alpha value is -1.68. The Morgan fingerprint density at radius 3 is 2.80 bits per heavy atom. The third-order valence-corrected chi connectivity index (χ3v) is 3.05. The molecule has 0 aromatic carbocycles. The predicted molar refractivity (Wildman–Crippen MR) is 59.2 cm³/mol. The molecule has 0 bridgehead atoms. The standard InChI is InChI=1S/C11H9NO2S/c1-7-8(3-5-15-7)9-2-4-12-6-10(9)11(13)14/h2-6H,1H3,(H,13,14). The van der Waals surface area contributed by atoms with Gasteiger partial charge in [-0.25, -0.2) is 4.79 Å².